The van der Waals surface area contributed by atoms with Crippen LogP contribution in [0.25, 0.3) is 0 Å². The van der Waals surface area contributed by atoms with E-state index < -0.39 is 0 Å². The van der Waals surface area contributed by atoms with Crippen molar-refractivity contribution < 1.29 is 14.3 Å². The average molecular weight is 142 g/mol. The Hall–Kier alpha value is -0.800. The summed E-state index contributed by atoms with van der Waals surface area (Å²) in [6, 6.07) is 1.79. The van der Waals surface area contributed by atoms with Gasteiger partial charge in [0.25, 0.3) is 0 Å². The molecule has 1 heterocycles. The highest BCUT2D eigenvalue weighted by atomic mass is 16.5. The van der Waals surface area contributed by atoms with Crippen LogP contribution in [0.1, 0.15) is 11.3 Å². The van der Waals surface area contributed by atoms with Gasteiger partial charge in [-0.15, -0.1) is 0 Å². The second kappa shape index (κ2) is 3.39. The molecule has 56 valence electrons. The summed E-state index contributed by atoms with van der Waals surface area (Å²) in [7, 11) is 1.61. The normalized spacial score (nSPS) is 10.2. The zero-order valence-electron chi connectivity index (χ0n) is 5.83. The maximum Gasteiger partial charge on any atom is 0.134 e. The Kier molecular flexibility index (Phi) is 2.48. The van der Waals surface area contributed by atoms with Gasteiger partial charge < -0.3 is 14.3 Å². The fourth-order valence-electron chi connectivity index (χ4n) is 0.790. The third-order valence-corrected chi connectivity index (χ3v) is 1.28. The van der Waals surface area contributed by atoms with Crippen molar-refractivity contribution in [2.75, 3.05) is 7.11 Å². The highest BCUT2D eigenvalue weighted by molar-refractivity contribution is 5.14. The van der Waals surface area contributed by atoms with E-state index in [0.29, 0.717) is 12.4 Å². The molecule has 0 radical (unpaired) electrons. The highest BCUT2D eigenvalue weighted by Gasteiger charge is 2.02. The Balaban J connectivity index is 2.70. The SMILES string of the molecule is COCc1ccoc1CO. The van der Waals surface area contributed by atoms with Crippen LogP contribution >= 0.6 is 0 Å². The lowest BCUT2D eigenvalue weighted by Crippen LogP contribution is -1.90. The second-order valence-electron chi connectivity index (χ2n) is 1.96. The monoisotopic (exact) mass is 142 g/mol. The lowest BCUT2D eigenvalue weighted by atomic mass is 10.3. The zero-order chi connectivity index (χ0) is 7.40. The fraction of sp³-hybridized carbons (Fsp3) is 0.429. The van der Waals surface area contributed by atoms with Gasteiger partial charge in [-0.05, 0) is 6.07 Å². The van der Waals surface area contributed by atoms with E-state index in [1.54, 1.807) is 19.4 Å². The third-order valence-electron chi connectivity index (χ3n) is 1.28. The lowest BCUT2D eigenvalue weighted by molar-refractivity contribution is 0.177. The van der Waals surface area contributed by atoms with Gasteiger partial charge in [0.15, 0.2) is 0 Å². The van der Waals surface area contributed by atoms with E-state index in [4.69, 9.17) is 14.3 Å². The lowest BCUT2D eigenvalue weighted by Gasteiger charge is -1.95. The van der Waals surface area contributed by atoms with Crippen LogP contribution < -0.4 is 0 Å². The number of rotatable bonds is 3. The summed E-state index contributed by atoms with van der Waals surface area (Å²) in [5.41, 5.74) is 0.907. The molecule has 1 rings (SSSR count). The number of ether oxygens (including phenoxy) is 1. The summed E-state index contributed by atoms with van der Waals surface area (Å²) in [6.07, 6.45) is 1.54. The average Bonchev–Trinajstić information content (AvgIpc) is 2.36. The molecule has 0 aliphatic rings. The highest BCUT2D eigenvalue weighted by Crippen LogP contribution is 2.10. The Labute approximate surface area is 59.2 Å². The molecule has 0 saturated heterocycles. The summed E-state index contributed by atoms with van der Waals surface area (Å²) in [4.78, 5) is 0. The summed E-state index contributed by atoms with van der Waals surface area (Å²) in [5.74, 6) is 0.585. The first-order chi connectivity index (χ1) is 4.88. The van der Waals surface area contributed by atoms with Gasteiger partial charge in [-0.25, -0.2) is 0 Å². The zero-order valence-corrected chi connectivity index (χ0v) is 5.83. The predicted molar refractivity (Wildman–Crippen MR) is 35.3 cm³/mol. The Morgan fingerprint density at radius 3 is 3.10 bits per heavy atom. The van der Waals surface area contributed by atoms with E-state index in [0.717, 1.165) is 5.56 Å². The third kappa shape index (κ3) is 1.37. The van der Waals surface area contributed by atoms with Crippen molar-refractivity contribution in [2.45, 2.75) is 13.2 Å². The molecule has 1 N–H and O–H groups in total. The van der Waals surface area contributed by atoms with Crippen LogP contribution in [0.4, 0.5) is 0 Å². The Bertz CT molecular complexity index is 192. The first-order valence-electron chi connectivity index (χ1n) is 3.03. The van der Waals surface area contributed by atoms with E-state index in [9.17, 15) is 0 Å². The summed E-state index contributed by atoms with van der Waals surface area (Å²) in [5, 5.41) is 8.68. The van der Waals surface area contributed by atoms with Crippen LogP contribution in [0, 0.1) is 0 Å². The number of methoxy groups -OCH3 is 1. The first kappa shape index (κ1) is 7.31. The minimum atomic E-state index is -0.0638. The van der Waals surface area contributed by atoms with E-state index in [1.807, 2.05) is 0 Å². The number of hydrogen-bond acceptors (Lipinski definition) is 3. The van der Waals surface area contributed by atoms with E-state index in [-0.39, 0.29) is 6.61 Å². The number of aliphatic hydroxyl groups excluding tert-OH is 1. The first-order valence-corrected chi connectivity index (χ1v) is 3.03. The molecular weight excluding hydrogens is 132 g/mol. The topological polar surface area (TPSA) is 42.6 Å². The van der Waals surface area contributed by atoms with Crippen LogP contribution in [-0.2, 0) is 18.0 Å². The van der Waals surface area contributed by atoms with Gasteiger partial charge in [0.05, 0.1) is 12.9 Å². The summed E-state index contributed by atoms with van der Waals surface area (Å²) in [6.45, 7) is 0.429. The smallest absolute Gasteiger partial charge is 0.134 e. The van der Waals surface area contributed by atoms with Gasteiger partial charge >= 0.3 is 0 Å². The molecule has 0 bridgehead atoms. The maximum absolute atomic E-state index is 8.68. The van der Waals surface area contributed by atoms with Crippen LogP contribution in [-0.4, -0.2) is 12.2 Å². The molecular formula is C7H10O3. The fourth-order valence-corrected chi connectivity index (χ4v) is 0.790. The molecule has 0 saturated carbocycles. The molecule has 0 unspecified atom stereocenters. The number of furan rings is 1. The molecule has 0 spiro atoms. The number of aliphatic hydroxyl groups is 1. The second-order valence-corrected chi connectivity index (χ2v) is 1.96. The van der Waals surface area contributed by atoms with Crippen LogP contribution in [0.3, 0.4) is 0 Å². The van der Waals surface area contributed by atoms with Crippen molar-refractivity contribution in [1.82, 2.24) is 0 Å². The standard InChI is InChI=1S/C7H10O3/c1-9-5-6-2-3-10-7(6)4-8/h2-3,8H,4-5H2,1H3. The van der Waals surface area contributed by atoms with Crippen molar-refractivity contribution in [2.24, 2.45) is 0 Å². The van der Waals surface area contributed by atoms with Crippen LogP contribution in [0.2, 0.25) is 0 Å². The molecule has 0 aliphatic heterocycles. The molecule has 1 aromatic rings. The Morgan fingerprint density at radius 2 is 2.50 bits per heavy atom. The van der Waals surface area contributed by atoms with E-state index in [2.05, 4.69) is 0 Å². The van der Waals surface area contributed by atoms with E-state index >= 15 is 0 Å². The van der Waals surface area contributed by atoms with Gasteiger partial charge in [-0.1, -0.05) is 0 Å². The molecule has 0 amide bonds. The largest absolute Gasteiger partial charge is 0.467 e. The van der Waals surface area contributed by atoms with Gasteiger partial charge in [0, 0.05) is 12.7 Å². The van der Waals surface area contributed by atoms with E-state index in [1.165, 1.54) is 0 Å². The minimum absolute atomic E-state index is 0.0638. The summed E-state index contributed by atoms with van der Waals surface area (Å²) >= 11 is 0. The molecule has 0 atom stereocenters. The number of hydrogen-bond donors (Lipinski definition) is 1. The minimum Gasteiger partial charge on any atom is -0.467 e. The Morgan fingerprint density at radius 1 is 1.70 bits per heavy atom. The van der Waals surface area contributed by atoms with Crippen molar-refractivity contribution in [1.29, 1.82) is 0 Å². The quantitative estimate of drug-likeness (QED) is 0.682. The molecule has 0 aromatic carbocycles. The van der Waals surface area contributed by atoms with Crippen LogP contribution in [0.5, 0.6) is 0 Å². The van der Waals surface area contributed by atoms with Crippen molar-refractivity contribution in [3.63, 3.8) is 0 Å². The molecule has 10 heavy (non-hydrogen) atoms. The van der Waals surface area contributed by atoms with Crippen molar-refractivity contribution >= 4 is 0 Å². The van der Waals surface area contributed by atoms with Crippen LogP contribution in [0.15, 0.2) is 16.7 Å². The molecule has 0 fully saturated rings. The predicted octanol–water partition coefficient (Wildman–Crippen LogP) is 0.918. The molecule has 3 nitrogen and oxygen atoms in total. The summed E-state index contributed by atoms with van der Waals surface area (Å²) < 4.78 is 9.79. The van der Waals surface area contributed by atoms with Gasteiger partial charge in [0.2, 0.25) is 0 Å². The molecule has 3 heteroatoms. The van der Waals surface area contributed by atoms with Gasteiger partial charge in [0.1, 0.15) is 12.4 Å². The molecule has 1 aromatic heterocycles. The molecule has 0 aliphatic carbocycles. The van der Waals surface area contributed by atoms with Crippen molar-refractivity contribution in [3.05, 3.63) is 23.7 Å². The van der Waals surface area contributed by atoms with Gasteiger partial charge in [-0.2, -0.15) is 0 Å². The van der Waals surface area contributed by atoms with Gasteiger partial charge in [-0.3, -0.25) is 0 Å². The maximum atomic E-state index is 8.68. The van der Waals surface area contributed by atoms with Crippen molar-refractivity contribution in [3.8, 4) is 0 Å².